The molecule has 0 bridgehead atoms. The van der Waals surface area contributed by atoms with E-state index < -0.39 is 33.2 Å². The largest absolute Gasteiger partial charge is 0.450 e. The second kappa shape index (κ2) is 10.1. The van der Waals surface area contributed by atoms with Gasteiger partial charge in [-0.3, -0.25) is 9.59 Å². The number of carbonyl (C=O) groups is 3. The standard InChI is InChI=1S/C18H25N3O6S/c1-2-27-18(24)21-10-8-15(9-11-21)20-17(23)13-28(25,26)12-16(22)19-14-6-4-3-5-7-14/h3-7,15H,2,8-13H2,1H3,(H,19,22)(H,20,23). The van der Waals surface area contributed by atoms with E-state index in [9.17, 15) is 22.8 Å². The molecule has 1 aliphatic heterocycles. The van der Waals surface area contributed by atoms with Gasteiger partial charge in [0.15, 0.2) is 9.84 Å². The van der Waals surface area contributed by atoms with E-state index in [-0.39, 0.29) is 12.1 Å². The van der Waals surface area contributed by atoms with Crippen LogP contribution in [0.15, 0.2) is 30.3 Å². The first kappa shape index (κ1) is 21.7. The molecule has 1 aromatic carbocycles. The lowest BCUT2D eigenvalue weighted by molar-refractivity contribution is -0.119. The maximum Gasteiger partial charge on any atom is 0.409 e. The van der Waals surface area contributed by atoms with E-state index in [2.05, 4.69) is 10.6 Å². The normalized spacial score (nSPS) is 15.0. The van der Waals surface area contributed by atoms with Crippen LogP contribution < -0.4 is 10.6 Å². The van der Waals surface area contributed by atoms with Crippen LogP contribution in [-0.2, 0) is 24.2 Å². The lowest BCUT2D eigenvalue weighted by atomic mass is 10.1. The van der Waals surface area contributed by atoms with Crippen molar-refractivity contribution in [3.63, 3.8) is 0 Å². The molecule has 10 heteroatoms. The highest BCUT2D eigenvalue weighted by atomic mass is 32.2. The minimum absolute atomic E-state index is 0.216. The monoisotopic (exact) mass is 411 g/mol. The molecule has 2 rings (SSSR count). The number of sulfone groups is 1. The van der Waals surface area contributed by atoms with Gasteiger partial charge < -0.3 is 20.3 Å². The fourth-order valence-corrected chi connectivity index (χ4v) is 3.92. The summed E-state index contributed by atoms with van der Waals surface area (Å²) in [7, 11) is -3.89. The number of likely N-dealkylation sites (tertiary alicyclic amines) is 1. The molecule has 0 unspecified atom stereocenters. The summed E-state index contributed by atoms with van der Waals surface area (Å²) in [6.07, 6.45) is 0.636. The summed E-state index contributed by atoms with van der Waals surface area (Å²) in [5.74, 6) is -2.87. The van der Waals surface area contributed by atoms with Crippen molar-refractivity contribution in [3.05, 3.63) is 30.3 Å². The number of piperidine rings is 1. The minimum atomic E-state index is -3.89. The highest BCUT2D eigenvalue weighted by Gasteiger charge is 2.27. The van der Waals surface area contributed by atoms with E-state index in [0.717, 1.165) is 0 Å². The predicted molar refractivity (Wildman–Crippen MR) is 103 cm³/mol. The van der Waals surface area contributed by atoms with Gasteiger partial charge in [0.1, 0.15) is 11.5 Å². The van der Waals surface area contributed by atoms with Gasteiger partial charge in [-0.25, -0.2) is 13.2 Å². The molecular formula is C18H25N3O6S. The van der Waals surface area contributed by atoms with E-state index in [1.807, 2.05) is 0 Å². The number of para-hydroxylation sites is 1. The maximum absolute atomic E-state index is 12.1. The van der Waals surface area contributed by atoms with Gasteiger partial charge in [0.2, 0.25) is 11.8 Å². The predicted octanol–water partition coefficient (Wildman–Crippen LogP) is 0.777. The van der Waals surface area contributed by atoms with Gasteiger partial charge in [-0.2, -0.15) is 0 Å². The average molecular weight is 411 g/mol. The molecular weight excluding hydrogens is 386 g/mol. The van der Waals surface area contributed by atoms with Crippen LogP contribution in [0.25, 0.3) is 0 Å². The average Bonchev–Trinajstić information content (AvgIpc) is 2.62. The van der Waals surface area contributed by atoms with Crippen molar-refractivity contribution in [3.8, 4) is 0 Å². The molecule has 1 aliphatic rings. The fraction of sp³-hybridized carbons (Fsp3) is 0.500. The van der Waals surface area contributed by atoms with Crippen LogP contribution in [-0.4, -0.2) is 68.5 Å². The molecule has 1 aromatic rings. The van der Waals surface area contributed by atoms with E-state index in [0.29, 0.717) is 38.2 Å². The van der Waals surface area contributed by atoms with Crippen molar-refractivity contribution in [2.75, 3.05) is 36.5 Å². The van der Waals surface area contributed by atoms with Gasteiger partial charge in [-0.15, -0.1) is 0 Å². The number of hydrogen-bond acceptors (Lipinski definition) is 6. The summed E-state index contributed by atoms with van der Waals surface area (Å²) in [6.45, 7) is 2.88. The maximum atomic E-state index is 12.1. The third kappa shape index (κ3) is 7.18. The third-order valence-corrected chi connectivity index (χ3v) is 5.55. The number of amides is 3. The van der Waals surface area contributed by atoms with Crippen LogP contribution in [0.3, 0.4) is 0 Å². The van der Waals surface area contributed by atoms with Crippen LogP contribution >= 0.6 is 0 Å². The summed E-state index contributed by atoms with van der Waals surface area (Å²) >= 11 is 0. The number of benzene rings is 1. The molecule has 0 aromatic heterocycles. The van der Waals surface area contributed by atoms with Crippen molar-refractivity contribution < 1.29 is 27.5 Å². The quantitative estimate of drug-likeness (QED) is 0.684. The first-order chi connectivity index (χ1) is 13.3. The molecule has 0 atom stereocenters. The molecule has 0 aliphatic carbocycles. The zero-order valence-corrected chi connectivity index (χ0v) is 16.5. The van der Waals surface area contributed by atoms with Crippen LogP contribution in [0.4, 0.5) is 10.5 Å². The summed E-state index contributed by atoms with van der Waals surface area (Å²) in [5, 5.41) is 5.14. The first-order valence-corrected chi connectivity index (χ1v) is 10.9. The summed E-state index contributed by atoms with van der Waals surface area (Å²) < 4.78 is 29.1. The smallest absolute Gasteiger partial charge is 0.409 e. The van der Waals surface area contributed by atoms with Crippen LogP contribution in [0.1, 0.15) is 19.8 Å². The Labute approximate surface area is 164 Å². The second-order valence-electron chi connectivity index (χ2n) is 6.47. The highest BCUT2D eigenvalue weighted by Crippen LogP contribution is 2.12. The lowest BCUT2D eigenvalue weighted by Crippen LogP contribution is -2.48. The number of nitrogens with one attached hydrogen (secondary N) is 2. The fourth-order valence-electron chi connectivity index (χ4n) is 2.86. The molecule has 0 spiro atoms. The number of carbonyl (C=O) groups excluding carboxylic acids is 3. The molecule has 154 valence electrons. The molecule has 1 heterocycles. The molecule has 9 nitrogen and oxygen atoms in total. The number of hydrogen-bond donors (Lipinski definition) is 2. The number of rotatable bonds is 7. The molecule has 2 N–H and O–H groups in total. The van der Waals surface area contributed by atoms with Crippen molar-refractivity contribution in [2.24, 2.45) is 0 Å². The van der Waals surface area contributed by atoms with Gasteiger partial charge in [0, 0.05) is 24.8 Å². The zero-order valence-electron chi connectivity index (χ0n) is 15.7. The Bertz CT molecular complexity index is 789. The van der Waals surface area contributed by atoms with Gasteiger partial charge in [0.25, 0.3) is 0 Å². The summed E-state index contributed by atoms with van der Waals surface area (Å²) in [4.78, 5) is 37.1. The zero-order chi connectivity index (χ0) is 20.6. The van der Waals surface area contributed by atoms with Crippen molar-refractivity contribution >= 4 is 33.4 Å². The Morgan fingerprint density at radius 2 is 1.68 bits per heavy atom. The van der Waals surface area contributed by atoms with Crippen LogP contribution in [0, 0.1) is 0 Å². The van der Waals surface area contributed by atoms with Crippen molar-refractivity contribution in [1.82, 2.24) is 10.2 Å². The minimum Gasteiger partial charge on any atom is -0.450 e. The highest BCUT2D eigenvalue weighted by molar-refractivity contribution is 7.92. The van der Waals surface area contributed by atoms with Gasteiger partial charge in [-0.1, -0.05) is 18.2 Å². The summed E-state index contributed by atoms with van der Waals surface area (Å²) in [6, 6.07) is 8.26. The molecule has 28 heavy (non-hydrogen) atoms. The van der Waals surface area contributed by atoms with E-state index >= 15 is 0 Å². The Hall–Kier alpha value is -2.62. The molecule has 0 radical (unpaired) electrons. The van der Waals surface area contributed by atoms with E-state index in [1.54, 1.807) is 42.2 Å². The molecule has 1 fully saturated rings. The number of ether oxygens (including phenoxy) is 1. The second-order valence-corrected chi connectivity index (χ2v) is 8.54. The number of anilines is 1. The van der Waals surface area contributed by atoms with Crippen LogP contribution in [0.2, 0.25) is 0 Å². The SMILES string of the molecule is CCOC(=O)N1CCC(NC(=O)CS(=O)(=O)CC(=O)Nc2ccccc2)CC1. The number of nitrogens with zero attached hydrogens (tertiary/aromatic N) is 1. The third-order valence-electron chi connectivity index (χ3n) is 4.15. The Morgan fingerprint density at radius 3 is 2.29 bits per heavy atom. The molecule has 0 saturated carbocycles. The van der Waals surface area contributed by atoms with Crippen LogP contribution in [0.5, 0.6) is 0 Å². The van der Waals surface area contributed by atoms with E-state index in [1.165, 1.54) is 0 Å². The van der Waals surface area contributed by atoms with Gasteiger partial charge in [-0.05, 0) is 31.9 Å². The Balaban J connectivity index is 1.76. The Kier molecular flexibility index (Phi) is 7.80. The van der Waals surface area contributed by atoms with Crippen molar-refractivity contribution in [1.29, 1.82) is 0 Å². The topological polar surface area (TPSA) is 122 Å². The summed E-state index contributed by atoms with van der Waals surface area (Å²) in [5.41, 5.74) is 0.487. The van der Waals surface area contributed by atoms with Gasteiger partial charge in [0.05, 0.1) is 6.61 Å². The first-order valence-electron chi connectivity index (χ1n) is 9.05. The molecule has 3 amide bonds. The van der Waals surface area contributed by atoms with Gasteiger partial charge >= 0.3 is 6.09 Å². The van der Waals surface area contributed by atoms with Crippen molar-refractivity contribution in [2.45, 2.75) is 25.8 Å². The molecule has 1 saturated heterocycles. The Morgan fingerprint density at radius 1 is 1.07 bits per heavy atom. The van der Waals surface area contributed by atoms with E-state index in [4.69, 9.17) is 4.74 Å². The lowest BCUT2D eigenvalue weighted by Gasteiger charge is -2.31.